The van der Waals surface area contributed by atoms with Gasteiger partial charge >= 0.3 is 0 Å². The molecule has 0 radical (unpaired) electrons. The predicted molar refractivity (Wildman–Crippen MR) is 210 cm³/mol. The third-order valence-corrected chi connectivity index (χ3v) is 9.79. The molecule has 3 heterocycles. The lowest BCUT2D eigenvalue weighted by Crippen LogP contribution is -1.95. The monoisotopic (exact) mass is 650 g/mol. The molecule has 0 amide bonds. The summed E-state index contributed by atoms with van der Waals surface area (Å²) in [6.07, 6.45) is 0. The molecule has 0 unspecified atom stereocenters. The summed E-state index contributed by atoms with van der Waals surface area (Å²) in [7, 11) is 0. The molecule has 0 bridgehead atoms. The summed E-state index contributed by atoms with van der Waals surface area (Å²) in [6, 6.07) is 63.8. The summed E-state index contributed by atoms with van der Waals surface area (Å²) in [4.78, 5) is 15.3. The molecular weight excluding hydrogens is 621 g/mol. The van der Waals surface area contributed by atoms with E-state index in [-0.39, 0.29) is 0 Å². The van der Waals surface area contributed by atoms with Crippen molar-refractivity contribution in [3.05, 3.63) is 182 Å². The molecule has 10 aromatic rings. The first kappa shape index (κ1) is 29.0. The van der Waals surface area contributed by atoms with Crippen LogP contribution in [0.2, 0.25) is 0 Å². The second-order valence-corrected chi connectivity index (χ2v) is 12.9. The van der Waals surface area contributed by atoms with Crippen molar-refractivity contribution < 1.29 is 0 Å². The number of nitrogens with zero attached hydrogens (tertiary/aromatic N) is 4. The van der Waals surface area contributed by atoms with Gasteiger partial charge in [0.05, 0.1) is 39.0 Å². The maximum atomic E-state index is 5.17. The van der Waals surface area contributed by atoms with Crippen LogP contribution in [-0.4, -0.2) is 19.4 Å². The van der Waals surface area contributed by atoms with E-state index in [0.717, 1.165) is 72.2 Å². The quantitative estimate of drug-likeness (QED) is 0.186. The summed E-state index contributed by atoms with van der Waals surface area (Å²) < 4.78 is 2.34. The van der Waals surface area contributed by atoms with E-state index in [4.69, 9.17) is 15.0 Å². The van der Waals surface area contributed by atoms with E-state index in [9.17, 15) is 0 Å². The van der Waals surface area contributed by atoms with E-state index in [2.05, 4.69) is 174 Å². The number of rotatable bonds is 5. The molecule has 0 N–H and O–H groups in total. The maximum Gasteiger partial charge on any atom is 0.160 e. The minimum Gasteiger partial charge on any atom is -0.306 e. The number of aromatic nitrogens is 4. The molecule has 0 fully saturated rings. The zero-order chi connectivity index (χ0) is 33.7. The van der Waals surface area contributed by atoms with Gasteiger partial charge in [0.15, 0.2) is 5.82 Å². The van der Waals surface area contributed by atoms with E-state index in [1.807, 2.05) is 12.1 Å². The van der Waals surface area contributed by atoms with Gasteiger partial charge in [-0.2, -0.15) is 0 Å². The van der Waals surface area contributed by atoms with Crippen molar-refractivity contribution in [2.45, 2.75) is 0 Å². The number of para-hydroxylation sites is 4. The average Bonchev–Trinajstić information content (AvgIpc) is 3.61. The van der Waals surface area contributed by atoms with Crippen LogP contribution in [0.1, 0.15) is 0 Å². The Bertz CT molecular complexity index is 2890. The predicted octanol–water partition coefficient (Wildman–Crippen LogP) is 11.9. The van der Waals surface area contributed by atoms with Crippen LogP contribution in [0.15, 0.2) is 182 Å². The van der Waals surface area contributed by atoms with Crippen LogP contribution in [0.5, 0.6) is 0 Å². The molecule has 10 rings (SSSR count). The van der Waals surface area contributed by atoms with Crippen LogP contribution in [0, 0.1) is 0 Å². The highest BCUT2D eigenvalue weighted by Gasteiger charge is 2.15. The summed E-state index contributed by atoms with van der Waals surface area (Å²) >= 11 is 0. The van der Waals surface area contributed by atoms with Gasteiger partial charge in [0, 0.05) is 27.5 Å². The highest BCUT2D eigenvalue weighted by Crippen LogP contribution is 2.35. The zero-order valence-electron chi connectivity index (χ0n) is 27.6. The summed E-state index contributed by atoms with van der Waals surface area (Å²) in [6.45, 7) is 0. The Kier molecular flexibility index (Phi) is 6.78. The number of hydrogen-bond acceptors (Lipinski definition) is 3. The zero-order valence-corrected chi connectivity index (χ0v) is 27.6. The van der Waals surface area contributed by atoms with Gasteiger partial charge in [-0.25, -0.2) is 15.0 Å². The van der Waals surface area contributed by atoms with E-state index in [1.54, 1.807) is 0 Å². The van der Waals surface area contributed by atoms with Gasteiger partial charge in [0.1, 0.15) is 0 Å². The molecule has 4 heteroatoms. The Morgan fingerprint density at radius 3 is 1.67 bits per heavy atom. The van der Waals surface area contributed by atoms with Crippen molar-refractivity contribution in [1.82, 2.24) is 19.4 Å². The Morgan fingerprint density at radius 1 is 0.314 bits per heavy atom. The summed E-state index contributed by atoms with van der Waals surface area (Å²) in [5, 5.41) is 2.24. The SMILES string of the molecule is c1ccc(-c2cccc(-c3nc(-c4ccc(-c5ccc(-c6nc7ccccc7n7c6cc6ccccc67)cc5)cc4)c4ccccc4n3)c2)cc1. The van der Waals surface area contributed by atoms with Crippen LogP contribution in [0.3, 0.4) is 0 Å². The van der Waals surface area contributed by atoms with Crippen molar-refractivity contribution in [3.8, 4) is 56.2 Å². The lowest BCUT2D eigenvalue weighted by atomic mass is 9.99. The van der Waals surface area contributed by atoms with Gasteiger partial charge < -0.3 is 4.40 Å². The second kappa shape index (κ2) is 11.9. The fourth-order valence-corrected chi connectivity index (χ4v) is 7.26. The molecule has 238 valence electrons. The highest BCUT2D eigenvalue weighted by molar-refractivity contribution is 5.99. The lowest BCUT2D eigenvalue weighted by Gasteiger charge is -2.12. The molecule has 0 aliphatic heterocycles. The Morgan fingerprint density at radius 2 is 0.882 bits per heavy atom. The Labute approximate surface area is 295 Å². The van der Waals surface area contributed by atoms with Crippen molar-refractivity contribution >= 4 is 38.4 Å². The molecule has 7 aromatic carbocycles. The molecular formula is C47H30N4. The number of benzene rings is 7. The Balaban J connectivity index is 1.01. The molecule has 0 saturated carbocycles. The van der Waals surface area contributed by atoms with E-state index < -0.39 is 0 Å². The van der Waals surface area contributed by atoms with E-state index >= 15 is 0 Å². The topological polar surface area (TPSA) is 43.1 Å². The maximum absolute atomic E-state index is 5.17. The van der Waals surface area contributed by atoms with Crippen molar-refractivity contribution in [1.29, 1.82) is 0 Å². The van der Waals surface area contributed by atoms with Crippen molar-refractivity contribution in [2.75, 3.05) is 0 Å². The van der Waals surface area contributed by atoms with Gasteiger partial charge in [-0.05, 0) is 58.7 Å². The second-order valence-electron chi connectivity index (χ2n) is 12.9. The van der Waals surface area contributed by atoms with E-state index in [1.165, 1.54) is 16.5 Å². The normalized spacial score (nSPS) is 11.5. The van der Waals surface area contributed by atoms with Gasteiger partial charge in [0.25, 0.3) is 0 Å². The standard InChI is InChI=1S/C47H30N4/c1-2-11-31(12-3-1)36-14-10-15-38(29-36)47-49-40-17-6-5-16-39(40)45(50-47)34-25-21-32(22-26-34)33-23-27-35(28-24-33)46-44-30-37-13-4-8-19-42(37)51(44)43-20-9-7-18-41(43)48-46/h1-30H. The smallest absolute Gasteiger partial charge is 0.160 e. The Hall–Kier alpha value is -6.91. The minimum absolute atomic E-state index is 0.716. The van der Waals surface area contributed by atoms with Crippen LogP contribution in [-0.2, 0) is 0 Å². The molecule has 51 heavy (non-hydrogen) atoms. The first-order valence-corrected chi connectivity index (χ1v) is 17.2. The van der Waals surface area contributed by atoms with Crippen LogP contribution in [0.25, 0.3) is 94.5 Å². The third-order valence-electron chi connectivity index (χ3n) is 9.79. The van der Waals surface area contributed by atoms with Crippen LogP contribution in [0.4, 0.5) is 0 Å². The largest absolute Gasteiger partial charge is 0.306 e. The highest BCUT2D eigenvalue weighted by atomic mass is 14.9. The fraction of sp³-hybridized carbons (Fsp3) is 0. The van der Waals surface area contributed by atoms with Gasteiger partial charge in [0.2, 0.25) is 0 Å². The number of fused-ring (bicyclic) bond motifs is 6. The molecule has 0 atom stereocenters. The molecule has 0 saturated heterocycles. The number of hydrogen-bond donors (Lipinski definition) is 0. The minimum atomic E-state index is 0.716. The van der Waals surface area contributed by atoms with Crippen molar-refractivity contribution in [3.63, 3.8) is 0 Å². The molecule has 0 aliphatic rings. The van der Waals surface area contributed by atoms with Gasteiger partial charge in [-0.15, -0.1) is 0 Å². The van der Waals surface area contributed by atoms with E-state index in [0.29, 0.717) is 5.82 Å². The molecule has 0 spiro atoms. The lowest BCUT2D eigenvalue weighted by molar-refractivity contribution is 1.23. The van der Waals surface area contributed by atoms with Gasteiger partial charge in [-0.3, -0.25) is 0 Å². The first-order valence-electron chi connectivity index (χ1n) is 17.2. The fourth-order valence-electron chi connectivity index (χ4n) is 7.26. The third kappa shape index (κ3) is 5.04. The summed E-state index contributed by atoms with van der Waals surface area (Å²) in [5.41, 5.74) is 14.9. The molecule has 4 nitrogen and oxygen atoms in total. The van der Waals surface area contributed by atoms with Gasteiger partial charge in [-0.1, -0.05) is 146 Å². The van der Waals surface area contributed by atoms with Crippen LogP contribution < -0.4 is 0 Å². The van der Waals surface area contributed by atoms with Crippen LogP contribution >= 0.6 is 0 Å². The average molecular weight is 651 g/mol. The molecule has 3 aromatic heterocycles. The molecule has 0 aliphatic carbocycles. The van der Waals surface area contributed by atoms with Crippen molar-refractivity contribution in [2.24, 2.45) is 0 Å². The first-order chi connectivity index (χ1) is 25.3. The summed E-state index contributed by atoms with van der Waals surface area (Å²) in [5.74, 6) is 0.716.